The summed E-state index contributed by atoms with van der Waals surface area (Å²) in [5.74, 6) is -3.71. The molecule has 2 aromatic carbocycles. The van der Waals surface area contributed by atoms with E-state index in [-0.39, 0.29) is 24.3 Å². The number of hydrogen-bond acceptors (Lipinski definition) is 7. The molecular formula is C26H24F3N5O6S. The number of fused-ring (bicyclic) bond motifs is 2. The highest BCUT2D eigenvalue weighted by atomic mass is 32.1. The van der Waals surface area contributed by atoms with Crippen LogP contribution in [0.2, 0.25) is 0 Å². The van der Waals surface area contributed by atoms with Gasteiger partial charge in [-0.3, -0.25) is 19.7 Å². The molecule has 1 saturated heterocycles. The summed E-state index contributed by atoms with van der Waals surface area (Å²) < 4.78 is 32.8. The molecule has 11 nitrogen and oxygen atoms in total. The number of aliphatic carboxylic acids is 1. The average Bonchev–Trinajstić information content (AvgIpc) is 3.45. The van der Waals surface area contributed by atoms with E-state index >= 15 is 0 Å². The summed E-state index contributed by atoms with van der Waals surface area (Å²) in [4.78, 5) is 63.6. The third-order valence-corrected chi connectivity index (χ3v) is 7.31. The highest BCUT2D eigenvalue weighted by Crippen LogP contribution is 2.28. The molecule has 0 radical (unpaired) electrons. The molecule has 5 rings (SSSR count). The van der Waals surface area contributed by atoms with E-state index in [1.54, 1.807) is 23.5 Å². The molecule has 1 unspecified atom stereocenters. The number of thiazole rings is 1. The molecule has 2 aliphatic rings. The van der Waals surface area contributed by atoms with E-state index in [2.05, 4.69) is 20.9 Å². The summed E-state index contributed by atoms with van der Waals surface area (Å²) in [6, 6.07) is 10.5. The number of carboxylic acids is 1. The fourth-order valence-corrected chi connectivity index (χ4v) is 5.19. The number of hydrogen-bond donors (Lipinski definition) is 4. The van der Waals surface area contributed by atoms with E-state index in [1.165, 1.54) is 4.90 Å². The van der Waals surface area contributed by atoms with Gasteiger partial charge in [0.15, 0.2) is 0 Å². The van der Waals surface area contributed by atoms with Crippen molar-refractivity contribution in [3.05, 3.63) is 63.7 Å². The van der Waals surface area contributed by atoms with E-state index in [1.807, 2.05) is 31.2 Å². The molecule has 3 aromatic rings. The smallest absolute Gasteiger partial charge is 0.475 e. The topological polar surface area (TPSA) is 158 Å². The summed E-state index contributed by atoms with van der Waals surface area (Å²) in [6.45, 7) is 2.96. The van der Waals surface area contributed by atoms with Crippen LogP contribution in [0.1, 0.15) is 44.9 Å². The summed E-state index contributed by atoms with van der Waals surface area (Å²) >= 11 is 1.55. The number of benzene rings is 2. The Morgan fingerprint density at radius 1 is 1.12 bits per heavy atom. The first-order chi connectivity index (χ1) is 19.3. The number of carboxylic acid groups (broad SMARTS) is 1. The number of amides is 5. The Balaban J connectivity index is 0.000000493. The predicted molar refractivity (Wildman–Crippen MR) is 140 cm³/mol. The maximum atomic E-state index is 12.8. The lowest BCUT2D eigenvalue weighted by atomic mass is 10.0. The number of alkyl halides is 3. The third-order valence-electron chi connectivity index (χ3n) is 6.27. The number of carbonyl (C=O) groups is 5. The zero-order chi connectivity index (χ0) is 29.9. The second kappa shape index (κ2) is 11.9. The van der Waals surface area contributed by atoms with Crippen LogP contribution in [-0.4, -0.2) is 56.9 Å². The van der Waals surface area contributed by atoms with Gasteiger partial charge < -0.3 is 20.6 Å². The normalized spacial score (nSPS) is 16.5. The SMILES string of the molecule is Cc1ccc2sc(CNC(=O)NCc3ccc4c(c3)CN(C3CCC(=O)NC3=O)C4=O)nc2c1.O=C(O)C(F)(F)F. The number of imide groups is 1. The second-order valence-electron chi connectivity index (χ2n) is 9.31. The molecule has 4 N–H and O–H groups in total. The molecule has 3 heterocycles. The van der Waals surface area contributed by atoms with Crippen molar-refractivity contribution in [1.82, 2.24) is 25.8 Å². The lowest BCUT2D eigenvalue weighted by Gasteiger charge is -2.29. The Bertz CT molecular complexity index is 1540. The van der Waals surface area contributed by atoms with Crippen LogP contribution in [0.3, 0.4) is 0 Å². The zero-order valence-electron chi connectivity index (χ0n) is 21.5. The van der Waals surface area contributed by atoms with Crippen LogP contribution in [-0.2, 0) is 34.0 Å². The molecule has 1 aromatic heterocycles. The van der Waals surface area contributed by atoms with Gasteiger partial charge in [0.1, 0.15) is 11.0 Å². The minimum absolute atomic E-state index is 0.215. The van der Waals surface area contributed by atoms with Gasteiger partial charge in [-0.05, 0) is 48.2 Å². The van der Waals surface area contributed by atoms with E-state index in [4.69, 9.17) is 9.90 Å². The minimum atomic E-state index is -5.08. The van der Waals surface area contributed by atoms with Crippen LogP contribution < -0.4 is 16.0 Å². The monoisotopic (exact) mass is 591 g/mol. The van der Waals surface area contributed by atoms with Crippen LogP contribution in [0.5, 0.6) is 0 Å². The predicted octanol–water partition coefficient (Wildman–Crippen LogP) is 3.00. The van der Waals surface area contributed by atoms with Crippen molar-refractivity contribution < 1.29 is 42.3 Å². The number of nitrogens with zero attached hydrogens (tertiary/aromatic N) is 2. The van der Waals surface area contributed by atoms with Gasteiger partial charge in [0.25, 0.3) is 5.91 Å². The van der Waals surface area contributed by atoms with Crippen molar-refractivity contribution in [2.75, 3.05) is 0 Å². The van der Waals surface area contributed by atoms with E-state index in [0.29, 0.717) is 31.6 Å². The highest BCUT2D eigenvalue weighted by molar-refractivity contribution is 7.18. The standard InChI is InChI=1S/C24H23N5O4S.C2HF3O2/c1-13-2-6-19-17(8-13)27-21(34-19)11-26-24(33)25-10-14-3-4-16-15(9-14)12-29(23(16)32)18-5-7-20(30)28-22(18)31;3-2(4,5)1(6)7/h2-4,6,8-9,18H,5,7,10-12H2,1H3,(H2,25,26,33)(H,28,30,31);(H,6,7). The fourth-order valence-electron chi connectivity index (χ4n) is 4.30. The molecule has 0 saturated carbocycles. The van der Waals surface area contributed by atoms with Gasteiger partial charge in [-0.25, -0.2) is 14.6 Å². The molecule has 1 atom stereocenters. The van der Waals surface area contributed by atoms with Crippen LogP contribution in [0.25, 0.3) is 10.2 Å². The molecule has 5 amide bonds. The number of nitrogens with one attached hydrogen (secondary N) is 3. The lowest BCUT2D eigenvalue weighted by molar-refractivity contribution is -0.192. The Labute approximate surface area is 234 Å². The van der Waals surface area contributed by atoms with Gasteiger partial charge >= 0.3 is 18.2 Å². The largest absolute Gasteiger partial charge is 0.490 e. The molecule has 0 bridgehead atoms. The van der Waals surface area contributed by atoms with Crippen LogP contribution in [0.15, 0.2) is 36.4 Å². The van der Waals surface area contributed by atoms with Crippen LogP contribution in [0.4, 0.5) is 18.0 Å². The minimum Gasteiger partial charge on any atom is -0.475 e. The Morgan fingerprint density at radius 2 is 1.83 bits per heavy atom. The van der Waals surface area contributed by atoms with Crippen molar-refractivity contribution in [3.63, 3.8) is 0 Å². The average molecular weight is 592 g/mol. The van der Waals surface area contributed by atoms with Crippen molar-refractivity contribution in [1.29, 1.82) is 0 Å². The number of halogens is 3. The van der Waals surface area contributed by atoms with Gasteiger partial charge in [-0.1, -0.05) is 18.2 Å². The van der Waals surface area contributed by atoms with E-state index < -0.39 is 24.1 Å². The molecule has 2 aliphatic heterocycles. The first kappa shape index (κ1) is 29.5. The van der Waals surface area contributed by atoms with E-state index in [0.717, 1.165) is 31.9 Å². The molecule has 216 valence electrons. The molecule has 1 fully saturated rings. The molecule has 41 heavy (non-hydrogen) atoms. The number of aryl methyl sites for hydroxylation is 1. The maximum absolute atomic E-state index is 12.8. The molecular weight excluding hydrogens is 567 g/mol. The van der Waals surface area contributed by atoms with Crippen LogP contribution >= 0.6 is 11.3 Å². The summed E-state index contributed by atoms with van der Waals surface area (Å²) in [5.41, 5.74) is 4.28. The van der Waals surface area contributed by atoms with Gasteiger partial charge in [-0.15, -0.1) is 11.3 Å². The maximum Gasteiger partial charge on any atom is 0.490 e. The second-order valence-corrected chi connectivity index (χ2v) is 10.4. The first-order valence-electron chi connectivity index (χ1n) is 12.3. The number of urea groups is 1. The fraction of sp³-hybridized carbons (Fsp3) is 0.308. The summed E-state index contributed by atoms with van der Waals surface area (Å²) in [6.07, 6.45) is -4.54. The first-order valence-corrected chi connectivity index (χ1v) is 13.1. The quantitative estimate of drug-likeness (QED) is 0.332. The van der Waals surface area contributed by atoms with Gasteiger partial charge in [0, 0.05) is 25.1 Å². The molecule has 0 aliphatic carbocycles. The number of aromatic nitrogens is 1. The number of piperidine rings is 1. The van der Waals surface area contributed by atoms with Crippen molar-refractivity contribution in [3.8, 4) is 0 Å². The van der Waals surface area contributed by atoms with Gasteiger partial charge in [0.05, 0.1) is 16.8 Å². The lowest BCUT2D eigenvalue weighted by Crippen LogP contribution is -2.52. The highest BCUT2D eigenvalue weighted by Gasteiger charge is 2.39. The van der Waals surface area contributed by atoms with E-state index in [9.17, 15) is 32.3 Å². The third kappa shape index (κ3) is 7.16. The molecule has 0 spiro atoms. The summed E-state index contributed by atoms with van der Waals surface area (Å²) in [7, 11) is 0. The van der Waals surface area contributed by atoms with Gasteiger partial charge in [-0.2, -0.15) is 13.2 Å². The Morgan fingerprint density at radius 3 is 2.51 bits per heavy atom. The molecule has 15 heteroatoms. The zero-order valence-corrected chi connectivity index (χ0v) is 22.3. The Kier molecular flexibility index (Phi) is 8.56. The Hall–Kier alpha value is -4.53. The number of rotatable bonds is 5. The number of carbonyl (C=O) groups excluding carboxylic acids is 4. The van der Waals surface area contributed by atoms with Gasteiger partial charge in [0.2, 0.25) is 11.8 Å². The summed E-state index contributed by atoms with van der Waals surface area (Å²) in [5, 5.41) is 15.9. The van der Waals surface area contributed by atoms with Crippen LogP contribution in [0, 0.1) is 6.92 Å². The van der Waals surface area contributed by atoms with Crippen molar-refractivity contribution in [2.24, 2.45) is 0 Å². The van der Waals surface area contributed by atoms with Crippen molar-refractivity contribution in [2.45, 2.75) is 51.6 Å². The van der Waals surface area contributed by atoms with Crippen molar-refractivity contribution >= 4 is 51.3 Å².